The van der Waals surface area contributed by atoms with Crippen molar-refractivity contribution in [1.82, 2.24) is 20.0 Å². The van der Waals surface area contributed by atoms with Crippen LogP contribution in [0.4, 0.5) is 0 Å². The summed E-state index contributed by atoms with van der Waals surface area (Å²) in [5.74, 6) is 0. The lowest BCUT2D eigenvalue weighted by Crippen LogP contribution is -2.55. The predicted molar refractivity (Wildman–Crippen MR) is 76.8 cm³/mol. The van der Waals surface area contributed by atoms with E-state index in [2.05, 4.69) is 56.4 Å². The van der Waals surface area contributed by atoms with Crippen LogP contribution in [0.1, 0.15) is 32.8 Å². The van der Waals surface area contributed by atoms with Crippen LogP contribution in [0.2, 0.25) is 0 Å². The van der Waals surface area contributed by atoms with Crippen molar-refractivity contribution in [3.05, 3.63) is 18.0 Å². The summed E-state index contributed by atoms with van der Waals surface area (Å²) >= 11 is 0. The van der Waals surface area contributed by atoms with E-state index in [0.29, 0.717) is 6.04 Å². The lowest BCUT2D eigenvalue weighted by molar-refractivity contribution is 0.133. The van der Waals surface area contributed by atoms with Gasteiger partial charge >= 0.3 is 0 Å². The van der Waals surface area contributed by atoms with Gasteiger partial charge in [-0.1, -0.05) is 6.92 Å². The molecule has 0 amide bonds. The fraction of sp³-hybridized carbons (Fsp3) is 0.786. The second kappa shape index (κ2) is 6.34. The molecule has 1 atom stereocenters. The van der Waals surface area contributed by atoms with Crippen LogP contribution in [0.3, 0.4) is 0 Å². The van der Waals surface area contributed by atoms with Crippen molar-refractivity contribution in [3.8, 4) is 0 Å². The first-order valence-corrected chi connectivity index (χ1v) is 6.76. The molecule has 104 valence electrons. The first kappa shape index (κ1) is 15.2. The van der Waals surface area contributed by atoms with Crippen molar-refractivity contribution >= 4 is 0 Å². The van der Waals surface area contributed by atoms with Gasteiger partial charge in [-0.2, -0.15) is 5.10 Å². The topological polar surface area (TPSA) is 33.1 Å². The highest BCUT2D eigenvalue weighted by Gasteiger charge is 2.30. The first-order chi connectivity index (χ1) is 8.37. The monoisotopic (exact) mass is 252 g/mol. The van der Waals surface area contributed by atoms with E-state index in [0.717, 1.165) is 19.4 Å². The number of aromatic nitrogens is 2. The van der Waals surface area contributed by atoms with E-state index in [4.69, 9.17) is 0 Å². The number of hydrogen-bond donors (Lipinski definition) is 1. The van der Waals surface area contributed by atoms with E-state index in [1.807, 2.05) is 17.9 Å². The molecular weight excluding hydrogens is 224 g/mol. The Balaban J connectivity index is 2.63. The molecule has 0 saturated heterocycles. The highest BCUT2D eigenvalue weighted by atomic mass is 15.2. The van der Waals surface area contributed by atoms with Crippen LogP contribution in [0, 0.1) is 0 Å². The van der Waals surface area contributed by atoms with Crippen LogP contribution in [-0.4, -0.2) is 46.9 Å². The average molecular weight is 252 g/mol. The fourth-order valence-electron chi connectivity index (χ4n) is 2.18. The van der Waals surface area contributed by atoms with Gasteiger partial charge in [-0.3, -0.25) is 4.68 Å². The first-order valence-electron chi connectivity index (χ1n) is 6.76. The SMILES string of the molecule is CCNC(CCc1cnn(C)c1)C(C)(C)N(C)C. The highest BCUT2D eigenvalue weighted by molar-refractivity contribution is 5.05. The normalized spacial score (nSPS) is 14.2. The second-order valence-electron chi connectivity index (χ2n) is 5.72. The summed E-state index contributed by atoms with van der Waals surface area (Å²) in [6, 6.07) is 0.484. The standard InChI is InChI=1S/C14H28N4/c1-7-15-13(14(2,3)17(4)5)9-8-12-10-16-18(6)11-12/h10-11,13,15H,7-9H2,1-6H3. The van der Waals surface area contributed by atoms with Gasteiger partial charge in [0, 0.05) is 24.8 Å². The maximum absolute atomic E-state index is 4.22. The molecule has 4 nitrogen and oxygen atoms in total. The summed E-state index contributed by atoms with van der Waals surface area (Å²) < 4.78 is 1.87. The predicted octanol–water partition coefficient (Wildman–Crippen LogP) is 1.67. The molecule has 1 aromatic heterocycles. The van der Waals surface area contributed by atoms with Crippen molar-refractivity contribution in [2.75, 3.05) is 20.6 Å². The number of rotatable bonds is 7. The van der Waals surface area contributed by atoms with Crippen molar-refractivity contribution < 1.29 is 0 Å². The Labute approximate surface area is 111 Å². The fourth-order valence-corrected chi connectivity index (χ4v) is 2.18. The Morgan fingerprint density at radius 3 is 2.56 bits per heavy atom. The summed E-state index contributed by atoms with van der Waals surface area (Å²) in [5, 5.41) is 7.84. The Kier molecular flexibility index (Phi) is 5.35. The number of hydrogen-bond acceptors (Lipinski definition) is 3. The lowest BCUT2D eigenvalue weighted by atomic mass is 9.88. The van der Waals surface area contributed by atoms with Gasteiger partial charge in [0.15, 0.2) is 0 Å². The molecule has 0 bridgehead atoms. The molecule has 1 aromatic rings. The minimum absolute atomic E-state index is 0.151. The minimum Gasteiger partial charge on any atom is -0.312 e. The third-order valence-corrected chi connectivity index (χ3v) is 3.94. The molecule has 0 aliphatic rings. The average Bonchev–Trinajstić information content (AvgIpc) is 2.69. The third kappa shape index (κ3) is 3.82. The van der Waals surface area contributed by atoms with Gasteiger partial charge < -0.3 is 10.2 Å². The van der Waals surface area contributed by atoms with Gasteiger partial charge in [-0.25, -0.2) is 0 Å². The second-order valence-corrected chi connectivity index (χ2v) is 5.72. The molecular formula is C14H28N4. The lowest BCUT2D eigenvalue weighted by Gasteiger charge is -2.40. The molecule has 0 aromatic carbocycles. The van der Waals surface area contributed by atoms with E-state index >= 15 is 0 Å². The van der Waals surface area contributed by atoms with Crippen molar-refractivity contribution in [3.63, 3.8) is 0 Å². The number of aryl methyl sites for hydroxylation is 2. The molecule has 1 unspecified atom stereocenters. The molecule has 0 radical (unpaired) electrons. The molecule has 0 fully saturated rings. The number of nitrogens with one attached hydrogen (secondary N) is 1. The van der Waals surface area contributed by atoms with Crippen LogP contribution in [0.5, 0.6) is 0 Å². The minimum atomic E-state index is 0.151. The van der Waals surface area contributed by atoms with Crippen molar-refractivity contribution in [1.29, 1.82) is 0 Å². The van der Waals surface area contributed by atoms with Crippen molar-refractivity contribution in [2.45, 2.75) is 45.2 Å². The van der Waals surface area contributed by atoms with Gasteiger partial charge in [-0.05, 0) is 52.9 Å². The molecule has 1 N–H and O–H groups in total. The van der Waals surface area contributed by atoms with Crippen LogP contribution >= 0.6 is 0 Å². The van der Waals surface area contributed by atoms with E-state index in [9.17, 15) is 0 Å². The highest BCUT2D eigenvalue weighted by Crippen LogP contribution is 2.20. The Morgan fingerprint density at radius 2 is 2.11 bits per heavy atom. The summed E-state index contributed by atoms with van der Waals surface area (Å²) in [5.41, 5.74) is 1.47. The number of nitrogens with zero attached hydrogens (tertiary/aromatic N) is 3. The largest absolute Gasteiger partial charge is 0.312 e. The molecule has 0 aliphatic heterocycles. The van der Waals surface area contributed by atoms with Crippen LogP contribution in [-0.2, 0) is 13.5 Å². The molecule has 0 spiro atoms. The summed E-state index contributed by atoms with van der Waals surface area (Å²) in [6.45, 7) is 7.77. The Morgan fingerprint density at radius 1 is 1.44 bits per heavy atom. The molecule has 4 heteroatoms. The van der Waals surface area contributed by atoms with E-state index in [-0.39, 0.29) is 5.54 Å². The zero-order chi connectivity index (χ0) is 13.8. The van der Waals surface area contributed by atoms with E-state index < -0.39 is 0 Å². The van der Waals surface area contributed by atoms with Crippen LogP contribution < -0.4 is 5.32 Å². The van der Waals surface area contributed by atoms with Gasteiger partial charge in [0.25, 0.3) is 0 Å². The maximum atomic E-state index is 4.22. The summed E-state index contributed by atoms with van der Waals surface area (Å²) in [7, 11) is 6.26. The van der Waals surface area contributed by atoms with Gasteiger partial charge in [0.05, 0.1) is 6.20 Å². The Bertz CT molecular complexity index is 354. The Hall–Kier alpha value is -0.870. The van der Waals surface area contributed by atoms with Gasteiger partial charge in [-0.15, -0.1) is 0 Å². The zero-order valence-electron chi connectivity index (χ0n) is 12.7. The smallest absolute Gasteiger partial charge is 0.0521 e. The molecule has 0 saturated carbocycles. The van der Waals surface area contributed by atoms with Gasteiger partial charge in [0.2, 0.25) is 0 Å². The van der Waals surface area contributed by atoms with Gasteiger partial charge in [0.1, 0.15) is 0 Å². The summed E-state index contributed by atoms with van der Waals surface area (Å²) in [6.07, 6.45) is 6.27. The number of likely N-dealkylation sites (N-methyl/N-ethyl adjacent to an activating group) is 2. The molecule has 18 heavy (non-hydrogen) atoms. The third-order valence-electron chi connectivity index (χ3n) is 3.94. The van der Waals surface area contributed by atoms with E-state index in [1.165, 1.54) is 5.56 Å². The van der Waals surface area contributed by atoms with Crippen LogP contribution in [0.15, 0.2) is 12.4 Å². The molecule has 1 heterocycles. The summed E-state index contributed by atoms with van der Waals surface area (Å²) in [4.78, 5) is 2.30. The maximum Gasteiger partial charge on any atom is 0.0521 e. The molecule has 1 rings (SSSR count). The zero-order valence-corrected chi connectivity index (χ0v) is 12.7. The van der Waals surface area contributed by atoms with Crippen LogP contribution in [0.25, 0.3) is 0 Å². The molecule has 0 aliphatic carbocycles. The van der Waals surface area contributed by atoms with E-state index in [1.54, 1.807) is 0 Å². The van der Waals surface area contributed by atoms with Crippen molar-refractivity contribution in [2.24, 2.45) is 7.05 Å². The quantitative estimate of drug-likeness (QED) is 0.801.